The molecule has 0 aliphatic rings. The van der Waals surface area contributed by atoms with Gasteiger partial charge in [0.15, 0.2) is 5.69 Å². The van der Waals surface area contributed by atoms with Crippen LogP contribution >= 0.6 is 0 Å². The van der Waals surface area contributed by atoms with E-state index in [1.54, 1.807) is 6.92 Å². The number of amides is 2. The molecular weight excluding hydrogens is 278 g/mol. The molecule has 1 atom stereocenters. The van der Waals surface area contributed by atoms with Gasteiger partial charge in [-0.25, -0.2) is 4.68 Å². The van der Waals surface area contributed by atoms with E-state index in [1.165, 1.54) is 6.20 Å². The maximum atomic E-state index is 11.9. The van der Waals surface area contributed by atoms with Crippen LogP contribution in [-0.4, -0.2) is 49.5 Å². The van der Waals surface area contributed by atoms with Crippen LogP contribution in [0.5, 0.6) is 0 Å². The molecule has 0 bridgehead atoms. The van der Waals surface area contributed by atoms with E-state index in [9.17, 15) is 14.4 Å². The summed E-state index contributed by atoms with van der Waals surface area (Å²) in [5.41, 5.74) is -0.451. The molecule has 0 saturated carbocycles. The maximum absolute atomic E-state index is 11.9. The van der Waals surface area contributed by atoms with Crippen LogP contribution in [0.25, 0.3) is 0 Å². The van der Waals surface area contributed by atoms with Gasteiger partial charge in [0.05, 0.1) is 6.20 Å². The van der Waals surface area contributed by atoms with Gasteiger partial charge in [0.1, 0.15) is 12.6 Å². The molecule has 2 amide bonds. The Kier molecular flexibility index (Phi) is 5.01. The third kappa shape index (κ3) is 5.59. The van der Waals surface area contributed by atoms with Gasteiger partial charge in [-0.15, -0.1) is 5.10 Å². The van der Waals surface area contributed by atoms with Crippen LogP contribution in [0.2, 0.25) is 0 Å². The Balaban J connectivity index is 2.62. The molecule has 9 nitrogen and oxygen atoms in total. The van der Waals surface area contributed by atoms with Crippen molar-refractivity contribution in [3.8, 4) is 0 Å². The van der Waals surface area contributed by atoms with E-state index >= 15 is 0 Å². The number of carboxylic acids is 1. The average molecular weight is 297 g/mol. The van der Waals surface area contributed by atoms with Gasteiger partial charge in [-0.2, -0.15) is 0 Å². The summed E-state index contributed by atoms with van der Waals surface area (Å²) in [6.45, 7) is 6.64. The molecule has 21 heavy (non-hydrogen) atoms. The molecule has 1 unspecified atom stereocenters. The fourth-order valence-electron chi connectivity index (χ4n) is 1.43. The summed E-state index contributed by atoms with van der Waals surface area (Å²) in [7, 11) is 0. The number of nitrogens with one attached hydrogen (secondary N) is 2. The van der Waals surface area contributed by atoms with E-state index in [0.29, 0.717) is 0 Å². The first-order chi connectivity index (χ1) is 9.58. The second kappa shape index (κ2) is 6.33. The fourth-order valence-corrected chi connectivity index (χ4v) is 1.43. The first-order valence-electron chi connectivity index (χ1n) is 6.33. The van der Waals surface area contributed by atoms with E-state index in [-0.39, 0.29) is 18.1 Å². The third-order valence-electron chi connectivity index (χ3n) is 2.31. The van der Waals surface area contributed by atoms with E-state index in [4.69, 9.17) is 5.11 Å². The zero-order valence-electron chi connectivity index (χ0n) is 12.4. The lowest BCUT2D eigenvalue weighted by Gasteiger charge is -2.23. The second-order valence-electron chi connectivity index (χ2n) is 5.63. The predicted molar refractivity (Wildman–Crippen MR) is 72.5 cm³/mol. The van der Waals surface area contributed by atoms with Crippen LogP contribution in [0, 0.1) is 0 Å². The fraction of sp³-hybridized carbons (Fsp3) is 0.583. The number of aromatic nitrogens is 3. The number of rotatable bonds is 5. The Morgan fingerprint density at radius 3 is 2.52 bits per heavy atom. The highest BCUT2D eigenvalue weighted by atomic mass is 16.4. The minimum absolute atomic E-state index is 0.0494. The molecule has 0 aliphatic carbocycles. The van der Waals surface area contributed by atoms with Crippen LogP contribution in [0.15, 0.2) is 6.20 Å². The Hall–Kier alpha value is -2.45. The zero-order chi connectivity index (χ0) is 16.2. The standard InChI is InChI=1S/C12H19N5O4/c1-7(10(20)14-12(2,3)4)13-11(21)8-5-17(16-15-8)6-9(18)19/h5,7H,6H2,1-4H3,(H,13,21)(H,14,20)(H,18,19). The molecule has 116 valence electrons. The van der Waals surface area contributed by atoms with Gasteiger partial charge in [-0.05, 0) is 27.7 Å². The van der Waals surface area contributed by atoms with Crippen molar-refractivity contribution < 1.29 is 19.5 Å². The van der Waals surface area contributed by atoms with Gasteiger partial charge in [-0.1, -0.05) is 5.21 Å². The van der Waals surface area contributed by atoms with Gasteiger partial charge < -0.3 is 15.7 Å². The van der Waals surface area contributed by atoms with E-state index in [0.717, 1.165) is 4.68 Å². The number of carboxylic acid groups (broad SMARTS) is 1. The lowest BCUT2D eigenvalue weighted by molar-refractivity contribution is -0.138. The zero-order valence-corrected chi connectivity index (χ0v) is 12.4. The number of carbonyl (C=O) groups is 3. The van der Waals surface area contributed by atoms with Gasteiger partial charge in [-0.3, -0.25) is 14.4 Å². The highest BCUT2D eigenvalue weighted by Gasteiger charge is 2.22. The number of carbonyl (C=O) groups excluding carboxylic acids is 2. The molecule has 1 aromatic heterocycles. The normalized spacial score (nSPS) is 12.6. The predicted octanol–water partition coefficient (Wildman–Crippen LogP) is -0.604. The maximum Gasteiger partial charge on any atom is 0.325 e. The lowest BCUT2D eigenvalue weighted by atomic mass is 10.1. The van der Waals surface area contributed by atoms with Crippen LogP contribution in [0.3, 0.4) is 0 Å². The molecule has 0 spiro atoms. The monoisotopic (exact) mass is 297 g/mol. The summed E-state index contributed by atoms with van der Waals surface area (Å²) in [5.74, 6) is -2.01. The summed E-state index contributed by atoms with van der Waals surface area (Å²) in [5, 5.41) is 20.9. The SMILES string of the molecule is CC(NC(=O)c1cn(CC(=O)O)nn1)C(=O)NC(C)(C)C. The Bertz CT molecular complexity index is 546. The van der Waals surface area contributed by atoms with Crippen LogP contribution in [0.4, 0.5) is 0 Å². The van der Waals surface area contributed by atoms with Gasteiger partial charge in [0.2, 0.25) is 5.91 Å². The summed E-state index contributed by atoms with van der Waals surface area (Å²) < 4.78 is 1.02. The number of nitrogens with zero attached hydrogens (tertiary/aromatic N) is 3. The van der Waals surface area contributed by atoms with Crippen LogP contribution in [-0.2, 0) is 16.1 Å². The van der Waals surface area contributed by atoms with E-state index < -0.39 is 23.5 Å². The Morgan fingerprint density at radius 1 is 1.38 bits per heavy atom. The molecule has 0 fully saturated rings. The van der Waals surface area contributed by atoms with Crippen molar-refractivity contribution in [1.29, 1.82) is 0 Å². The minimum atomic E-state index is -1.09. The minimum Gasteiger partial charge on any atom is -0.480 e. The largest absolute Gasteiger partial charge is 0.480 e. The van der Waals surface area contributed by atoms with Crippen LogP contribution < -0.4 is 10.6 Å². The van der Waals surface area contributed by atoms with Crippen molar-refractivity contribution in [3.05, 3.63) is 11.9 Å². The molecule has 1 rings (SSSR count). The summed E-state index contributed by atoms with van der Waals surface area (Å²) in [6.07, 6.45) is 1.21. The molecule has 0 aliphatic heterocycles. The van der Waals surface area contributed by atoms with Gasteiger partial charge >= 0.3 is 5.97 Å². The van der Waals surface area contributed by atoms with Crippen molar-refractivity contribution in [2.75, 3.05) is 0 Å². The van der Waals surface area contributed by atoms with Crippen molar-refractivity contribution in [1.82, 2.24) is 25.6 Å². The van der Waals surface area contributed by atoms with Crippen molar-refractivity contribution in [2.24, 2.45) is 0 Å². The summed E-state index contributed by atoms with van der Waals surface area (Å²) >= 11 is 0. The average Bonchev–Trinajstić information content (AvgIpc) is 2.74. The summed E-state index contributed by atoms with van der Waals surface area (Å²) in [6, 6.07) is -0.749. The molecular formula is C12H19N5O4. The highest BCUT2D eigenvalue weighted by molar-refractivity contribution is 5.95. The van der Waals surface area contributed by atoms with Crippen molar-refractivity contribution in [2.45, 2.75) is 45.8 Å². The van der Waals surface area contributed by atoms with E-state index in [2.05, 4.69) is 20.9 Å². The third-order valence-corrected chi connectivity index (χ3v) is 2.31. The first-order valence-corrected chi connectivity index (χ1v) is 6.33. The van der Waals surface area contributed by atoms with E-state index in [1.807, 2.05) is 20.8 Å². The molecule has 9 heteroatoms. The molecule has 0 saturated heterocycles. The molecule has 0 radical (unpaired) electrons. The molecule has 1 heterocycles. The first kappa shape index (κ1) is 16.6. The number of aliphatic carboxylic acids is 1. The quantitative estimate of drug-likeness (QED) is 0.666. The molecule has 0 aromatic carbocycles. The Labute approximate surface area is 121 Å². The topological polar surface area (TPSA) is 126 Å². The second-order valence-corrected chi connectivity index (χ2v) is 5.63. The van der Waals surface area contributed by atoms with Gasteiger partial charge in [0, 0.05) is 5.54 Å². The smallest absolute Gasteiger partial charge is 0.325 e. The highest BCUT2D eigenvalue weighted by Crippen LogP contribution is 2.00. The lowest BCUT2D eigenvalue weighted by Crippen LogP contribution is -2.50. The Morgan fingerprint density at radius 2 is 2.00 bits per heavy atom. The molecule has 1 aromatic rings. The molecule has 3 N–H and O–H groups in total. The van der Waals surface area contributed by atoms with Crippen molar-refractivity contribution >= 4 is 17.8 Å². The van der Waals surface area contributed by atoms with Gasteiger partial charge in [0.25, 0.3) is 5.91 Å². The number of hydrogen-bond donors (Lipinski definition) is 3. The van der Waals surface area contributed by atoms with Crippen LogP contribution in [0.1, 0.15) is 38.2 Å². The number of hydrogen-bond acceptors (Lipinski definition) is 5. The summed E-state index contributed by atoms with van der Waals surface area (Å²) in [4.78, 5) is 34.2. The van der Waals surface area contributed by atoms with Crippen molar-refractivity contribution in [3.63, 3.8) is 0 Å².